The first-order chi connectivity index (χ1) is 22.0. The summed E-state index contributed by atoms with van der Waals surface area (Å²) in [5, 5.41) is 18.2. The van der Waals surface area contributed by atoms with Crippen LogP contribution in [0.2, 0.25) is 0 Å². The zero-order chi connectivity index (χ0) is 32.5. The molecule has 3 amide bonds. The van der Waals surface area contributed by atoms with E-state index in [-0.39, 0.29) is 18.2 Å². The summed E-state index contributed by atoms with van der Waals surface area (Å²) in [7, 11) is 0. The third-order valence-electron chi connectivity index (χ3n) is 7.55. The molecule has 1 aliphatic heterocycles. The Bertz CT molecular complexity index is 1800. The van der Waals surface area contributed by atoms with Gasteiger partial charge in [0.25, 0.3) is 11.9 Å². The van der Waals surface area contributed by atoms with Crippen molar-refractivity contribution in [2.24, 2.45) is 0 Å². The van der Waals surface area contributed by atoms with E-state index >= 15 is 0 Å². The number of fused-ring (bicyclic) bond motifs is 1. The summed E-state index contributed by atoms with van der Waals surface area (Å²) in [6.45, 7) is 1.76. The van der Waals surface area contributed by atoms with Crippen molar-refractivity contribution < 1.29 is 36.6 Å². The lowest BCUT2D eigenvalue weighted by atomic mass is 9.93. The molecule has 0 atom stereocenters. The Hall–Kier alpha value is -5.31. The van der Waals surface area contributed by atoms with Crippen molar-refractivity contribution >= 4 is 34.8 Å². The van der Waals surface area contributed by atoms with E-state index < -0.39 is 35.7 Å². The first-order valence-corrected chi connectivity index (χ1v) is 14.3. The predicted molar refractivity (Wildman–Crippen MR) is 158 cm³/mol. The molecule has 0 unspecified atom stereocenters. The van der Waals surface area contributed by atoms with E-state index in [4.69, 9.17) is 0 Å². The van der Waals surface area contributed by atoms with Crippen LogP contribution in [0.5, 0.6) is 5.75 Å². The monoisotopic (exact) mass is 637 g/mol. The van der Waals surface area contributed by atoms with Crippen LogP contribution in [0.1, 0.15) is 58.3 Å². The average Bonchev–Trinajstić information content (AvgIpc) is 3.53. The molecule has 15 heteroatoms. The summed E-state index contributed by atoms with van der Waals surface area (Å²) in [4.78, 5) is 27.8. The molecule has 0 fully saturated rings. The number of halogens is 4. The fraction of sp³-hybridized carbons (Fsp3) is 0.258. The van der Waals surface area contributed by atoms with E-state index in [1.165, 1.54) is 16.5 Å². The number of aromatic amines is 1. The van der Waals surface area contributed by atoms with Gasteiger partial charge < -0.3 is 10.1 Å². The Morgan fingerprint density at radius 2 is 1.80 bits per heavy atom. The molecule has 4 aromatic rings. The third kappa shape index (κ3) is 6.68. The number of nitrogens with zero attached hydrogens (tertiary/aromatic N) is 4. The molecule has 1 aliphatic carbocycles. The van der Waals surface area contributed by atoms with Gasteiger partial charge in [-0.1, -0.05) is 35.4 Å². The molecule has 0 saturated heterocycles. The summed E-state index contributed by atoms with van der Waals surface area (Å²) in [5.74, 6) is -1.22. The lowest BCUT2D eigenvalue weighted by Gasteiger charge is -2.31. The minimum absolute atomic E-state index is 0.00976. The number of rotatable bonds is 7. The van der Waals surface area contributed by atoms with E-state index in [1.807, 2.05) is 12.1 Å². The van der Waals surface area contributed by atoms with Crippen LogP contribution in [-0.4, -0.2) is 38.9 Å². The number of alkyl halides is 4. The Balaban J connectivity index is 1.27. The van der Waals surface area contributed by atoms with Gasteiger partial charge in [-0.2, -0.15) is 14.0 Å². The van der Waals surface area contributed by atoms with E-state index in [1.54, 1.807) is 37.3 Å². The highest BCUT2D eigenvalue weighted by atomic mass is 19.3. The van der Waals surface area contributed by atoms with Gasteiger partial charge in [0.05, 0.1) is 12.1 Å². The zero-order valence-corrected chi connectivity index (χ0v) is 24.3. The zero-order valence-electron chi connectivity index (χ0n) is 24.3. The fourth-order valence-electron chi connectivity index (χ4n) is 5.35. The number of urea groups is 1. The second-order valence-electron chi connectivity index (χ2n) is 10.8. The molecule has 0 spiro atoms. The minimum atomic E-state index is -4.51. The van der Waals surface area contributed by atoms with Crippen LogP contribution in [0, 0.1) is 6.92 Å². The SMILES string of the molecule is Cc1cc(CN(C(=O)Nc2ccc3c(c2)C(F)(F)OC(F)(F)O3)c2ccc(C3=CCCCC3)cc2)ccc1C(=O)Nc1nn[nH]n1. The number of ether oxygens (including phenoxy) is 2. The van der Waals surface area contributed by atoms with E-state index in [9.17, 15) is 27.2 Å². The first-order valence-electron chi connectivity index (χ1n) is 14.3. The van der Waals surface area contributed by atoms with Crippen molar-refractivity contribution in [2.45, 2.75) is 51.6 Å². The van der Waals surface area contributed by atoms with Gasteiger partial charge in [-0.3, -0.25) is 15.0 Å². The molecule has 11 nitrogen and oxygen atoms in total. The molecule has 6 rings (SSSR count). The van der Waals surface area contributed by atoms with Crippen LogP contribution in [0.25, 0.3) is 5.57 Å². The summed E-state index contributed by atoms with van der Waals surface area (Å²) in [6.07, 6.45) is -2.48. The van der Waals surface area contributed by atoms with Crippen molar-refractivity contribution in [3.8, 4) is 5.75 Å². The normalized spacial score (nSPS) is 16.4. The number of hydrogen-bond donors (Lipinski definition) is 3. The molecular weight excluding hydrogens is 610 g/mol. The molecular formula is C31H27F4N7O4. The highest BCUT2D eigenvalue weighted by Gasteiger charge is 2.54. The topological polar surface area (TPSA) is 134 Å². The minimum Gasteiger partial charge on any atom is -0.409 e. The standard InChI is InChI=1S/C31H27F4N7O4/c1-18-15-19(7-13-24(18)27(43)37-28-38-40-41-39-28)17-42(23-11-8-21(9-12-23)20-5-3-2-4-6-20)29(44)36-22-10-14-26-25(16-22)30(32,33)46-31(34,35)45-26/h5,7-16H,2-4,6,17H2,1H3,(H,36,44)(H2,37,38,39,40,41,43). The summed E-state index contributed by atoms with van der Waals surface area (Å²) in [5.41, 5.74) is 3.31. The summed E-state index contributed by atoms with van der Waals surface area (Å²) in [6, 6.07) is 14.6. The van der Waals surface area contributed by atoms with E-state index in [0.717, 1.165) is 43.4 Å². The maximum absolute atomic E-state index is 14.4. The largest absolute Gasteiger partial charge is 0.540 e. The van der Waals surface area contributed by atoms with Crippen LogP contribution in [0.3, 0.4) is 0 Å². The number of carbonyl (C=O) groups excluding carboxylic acids is 2. The van der Waals surface area contributed by atoms with Crippen molar-refractivity contribution in [3.05, 3.63) is 94.6 Å². The van der Waals surface area contributed by atoms with Gasteiger partial charge in [-0.05, 0) is 96.5 Å². The first kappa shape index (κ1) is 30.7. The van der Waals surface area contributed by atoms with Gasteiger partial charge in [0.2, 0.25) is 0 Å². The summed E-state index contributed by atoms with van der Waals surface area (Å²) >= 11 is 0. The third-order valence-corrected chi connectivity index (χ3v) is 7.55. The molecule has 46 heavy (non-hydrogen) atoms. The Morgan fingerprint density at radius 3 is 2.50 bits per heavy atom. The molecule has 1 aromatic heterocycles. The number of amides is 3. The van der Waals surface area contributed by atoms with Crippen molar-refractivity contribution in [1.82, 2.24) is 20.6 Å². The van der Waals surface area contributed by atoms with E-state index in [0.29, 0.717) is 22.4 Å². The lowest BCUT2D eigenvalue weighted by molar-refractivity contribution is -0.461. The maximum atomic E-state index is 14.4. The number of carbonyl (C=O) groups is 2. The van der Waals surface area contributed by atoms with Crippen molar-refractivity contribution in [1.29, 1.82) is 0 Å². The number of anilines is 3. The number of aryl methyl sites for hydroxylation is 1. The van der Waals surface area contributed by atoms with Crippen LogP contribution in [0.4, 0.5) is 39.7 Å². The number of hydrogen-bond acceptors (Lipinski definition) is 7. The smallest absolute Gasteiger partial charge is 0.409 e. The molecule has 2 heterocycles. The molecule has 238 valence electrons. The van der Waals surface area contributed by atoms with Gasteiger partial charge in [-0.25, -0.2) is 9.53 Å². The fourth-order valence-corrected chi connectivity index (χ4v) is 5.35. The van der Waals surface area contributed by atoms with Crippen LogP contribution < -0.4 is 20.3 Å². The number of tetrazole rings is 1. The van der Waals surface area contributed by atoms with Gasteiger partial charge >= 0.3 is 18.4 Å². The quantitative estimate of drug-likeness (QED) is 0.187. The molecule has 0 bridgehead atoms. The second kappa shape index (κ2) is 12.2. The summed E-state index contributed by atoms with van der Waals surface area (Å²) < 4.78 is 63.5. The Kier molecular flexibility index (Phi) is 8.17. The van der Waals surface area contributed by atoms with Crippen molar-refractivity contribution in [3.63, 3.8) is 0 Å². The Morgan fingerprint density at radius 1 is 1.00 bits per heavy atom. The lowest BCUT2D eigenvalue weighted by Crippen LogP contribution is -2.41. The Labute approximate surface area is 259 Å². The van der Waals surface area contributed by atoms with Crippen molar-refractivity contribution in [2.75, 3.05) is 15.5 Å². The van der Waals surface area contributed by atoms with Crippen LogP contribution >= 0.6 is 0 Å². The number of aromatic nitrogens is 4. The molecule has 0 radical (unpaired) electrons. The van der Waals surface area contributed by atoms with Crippen LogP contribution in [-0.2, 0) is 17.4 Å². The number of H-pyrrole nitrogens is 1. The van der Waals surface area contributed by atoms with E-state index in [2.05, 4.69) is 46.8 Å². The van der Waals surface area contributed by atoms with Crippen LogP contribution in [0.15, 0.2) is 66.7 Å². The number of nitrogens with one attached hydrogen (secondary N) is 3. The highest BCUT2D eigenvalue weighted by molar-refractivity contribution is 6.04. The molecule has 3 N–H and O–H groups in total. The average molecular weight is 638 g/mol. The number of benzene rings is 3. The number of allylic oxidation sites excluding steroid dienone is 2. The highest BCUT2D eigenvalue weighted by Crippen LogP contribution is 2.47. The van der Waals surface area contributed by atoms with Gasteiger partial charge in [0.1, 0.15) is 5.75 Å². The maximum Gasteiger partial charge on any atom is 0.540 e. The molecule has 2 aliphatic rings. The molecule has 0 saturated carbocycles. The van der Waals surface area contributed by atoms with Gasteiger partial charge in [-0.15, -0.1) is 13.9 Å². The van der Waals surface area contributed by atoms with Gasteiger partial charge in [0, 0.05) is 16.9 Å². The predicted octanol–water partition coefficient (Wildman–Crippen LogP) is 6.97. The van der Waals surface area contributed by atoms with Gasteiger partial charge in [0.15, 0.2) is 0 Å². The molecule has 3 aromatic carbocycles. The second-order valence-corrected chi connectivity index (χ2v) is 10.8.